The van der Waals surface area contributed by atoms with Gasteiger partial charge in [-0.1, -0.05) is 11.6 Å². The number of rotatable bonds is 6. The van der Waals surface area contributed by atoms with Crippen LogP contribution in [-0.2, 0) is 0 Å². The zero-order valence-corrected chi connectivity index (χ0v) is 18.4. The largest absolute Gasteiger partial charge is 0.495 e. The molecular weight excluding hydrogens is 468 g/mol. The highest BCUT2D eigenvalue weighted by atomic mass is 35.5. The second kappa shape index (κ2) is 9.12. The molecule has 0 unspecified atom stereocenters. The fourth-order valence-corrected chi connectivity index (χ4v) is 3.97. The molecule has 0 saturated heterocycles. The van der Waals surface area contributed by atoms with E-state index in [1.165, 1.54) is 37.6 Å². The Labute approximate surface area is 195 Å². The van der Waals surface area contributed by atoms with E-state index in [9.17, 15) is 20.2 Å². The molecule has 2 aromatic carbocycles. The molecular formula is C22H13ClN4O5S. The molecule has 0 aliphatic carbocycles. The van der Waals surface area contributed by atoms with Crippen molar-refractivity contribution in [3.63, 3.8) is 0 Å². The minimum atomic E-state index is -0.641. The number of halogens is 1. The molecule has 1 N–H and O–H groups in total. The fraction of sp³-hybridized carbons (Fsp3) is 0.0455. The molecule has 164 valence electrons. The lowest BCUT2D eigenvalue weighted by Crippen LogP contribution is -2.03. The summed E-state index contributed by atoms with van der Waals surface area (Å²) in [7, 11) is 1.51. The average molecular weight is 481 g/mol. The lowest BCUT2D eigenvalue weighted by atomic mass is 10.1. The van der Waals surface area contributed by atoms with Gasteiger partial charge in [0.2, 0.25) is 0 Å². The summed E-state index contributed by atoms with van der Waals surface area (Å²) in [4.78, 5) is 27.4. The highest BCUT2D eigenvalue weighted by Crippen LogP contribution is 2.30. The standard InChI is InChI=1S/C22H13ClN4O5S/c1-31-20-4-2-14(23)8-17(20)25-10-13(9-24)21-26-18(11-33-21)16-7-12-6-15(27(29)30)3-5-19(12)32-22(16)28/h2-8,10-11,25H,1H3/b13-10-. The zero-order chi connectivity index (χ0) is 23.5. The maximum Gasteiger partial charge on any atom is 0.345 e. The van der Waals surface area contributed by atoms with E-state index in [-0.39, 0.29) is 22.4 Å². The summed E-state index contributed by atoms with van der Waals surface area (Å²) in [6, 6.07) is 12.5. The number of methoxy groups -OCH3 is 1. The number of ether oxygens (including phenoxy) is 1. The second-order valence-electron chi connectivity index (χ2n) is 6.62. The van der Waals surface area contributed by atoms with Crippen molar-refractivity contribution in [1.82, 2.24) is 4.98 Å². The van der Waals surface area contributed by atoms with E-state index in [2.05, 4.69) is 16.4 Å². The van der Waals surface area contributed by atoms with Gasteiger partial charge in [-0.05, 0) is 30.3 Å². The molecule has 11 heteroatoms. The summed E-state index contributed by atoms with van der Waals surface area (Å²) in [5, 5.41) is 26.5. The summed E-state index contributed by atoms with van der Waals surface area (Å²) < 4.78 is 10.6. The van der Waals surface area contributed by atoms with Gasteiger partial charge in [0.15, 0.2) is 0 Å². The van der Waals surface area contributed by atoms with Gasteiger partial charge < -0.3 is 14.5 Å². The average Bonchev–Trinajstić information content (AvgIpc) is 3.28. The quantitative estimate of drug-likeness (QED) is 0.166. The molecule has 0 aliphatic heterocycles. The van der Waals surface area contributed by atoms with Gasteiger partial charge in [0.25, 0.3) is 5.69 Å². The minimum absolute atomic E-state index is 0.126. The Morgan fingerprint density at radius 1 is 1.33 bits per heavy atom. The second-order valence-corrected chi connectivity index (χ2v) is 7.92. The number of nitro groups is 1. The third-order valence-electron chi connectivity index (χ3n) is 4.59. The lowest BCUT2D eigenvalue weighted by Gasteiger charge is -2.08. The maximum absolute atomic E-state index is 12.5. The summed E-state index contributed by atoms with van der Waals surface area (Å²) in [6.07, 6.45) is 1.46. The summed E-state index contributed by atoms with van der Waals surface area (Å²) >= 11 is 7.19. The SMILES string of the molecule is COc1ccc(Cl)cc1N/C=C(/C#N)c1nc(-c2cc3cc([N+](=O)[O-])ccc3oc2=O)cs1. The Bertz CT molecular complexity index is 1520. The first-order valence-corrected chi connectivity index (χ1v) is 10.5. The van der Waals surface area contributed by atoms with E-state index >= 15 is 0 Å². The number of nitro benzene ring substituents is 1. The maximum atomic E-state index is 12.5. The molecule has 0 fully saturated rings. The van der Waals surface area contributed by atoms with Gasteiger partial charge in [0.1, 0.15) is 28.0 Å². The number of benzene rings is 2. The Balaban J connectivity index is 1.68. The molecule has 0 atom stereocenters. The van der Waals surface area contributed by atoms with Gasteiger partial charge >= 0.3 is 5.63 Å². The van der Waals surface area contributed by atoms with Gasteiger partial charge in [-0.2, -0.15) is 5.26 Å². The van der Waals surface area contributed by atoms with Crippen molar-refractivity contribution in [3.05, 3.63) is 84.6 Å². The molecule has 0 bridgehead atoms. The van der Waals surface area contributed by atoms with Crippen LogP contribution in [0.2, 0.25) is 5.02 Å². The van der Waals surface area contributed by atoms with Crippen LogP contribution in [0.1, 0.15) is 5.01 Å². The molecule has 4 rings (SSSR count). The zero-order valence-electron chi connectivity index (χ0n) is 16.9. The molecule has 2 aromatic heterocycles. The summed E-state index contributed by atoms with van der Waals surface area (Å²) in [6.45, 7) is 0. The van der Waals surface area contributed by atoms with E-state index in [4.69, 9.17) is 20.8 Å². The van der Waals surface area contributed by atoms with E-state index in [0.717, 1.165) is 11.3 Å². The number of hydrogen-bond acceptors (Lipinski definition) is 9. The monoisotopic (exact) mass is 480 g/mol. The molecule has 4 aromatic rings. The van der Waals surface area contributed by atoms with Crippen molar-refractivity contribution in [2.24, 2.45) is 0 Å². The molecule has 0 saturated carbocycles. The van der Waals surface area contributed by atoms with Crippen molar-refractivity contribution in [2.45, 2.75) is 0 Å². The number of thiazole rings is 1. The van der Waals surface area contributed by atoms with E-state index in [0.29, 0.717) is 32.5 Å². The van der Waals surface area contributed by atoms with Crippen molar-refractivity contribution >= 4 is 50.9 Å². The number of hydrogen-bond donors (Lipinski definition) is 1. The number of anilines is 1. The van der Waals surface area contributed by atoms with Gasteiger partial charge in [-0.25, -0.2) is 9.78 Å². The van der Waals surface area contributed by atoms with Crippen molar-refractivity contribution < 1.29 is 14.1 Å². The number of nitriles is 1. The number of nitrogens with zero attached hydrogens (tertiary/aromatic N) is 3. The first kappa shape index (κ1) is 22.0. The van der Waals surface area contributed by atoms with Gasteiger partial charge in [-0.3, -0.25) is 10.1 Å². The molecule has 0 radical (unpaired) electrons. The predicted molar refractivity (Wildman–Crippen MR) is 125 cm³/mol. The summed E-state index contributed by atoms with van der Waals surface area (Å²) in [5.41, 5.74) is 0.657. The predicted octanol–water partition coefficient (Wildman–Crippen LogP) is 5.46. The van der Waals surface area contributed by atoms with Crippen LogP contribution in [0.4, 0.5) is 11.4 Å². The van der Waals surface area contributed by atoms with Crippen molar-refractivity contribution in [2.75, 3.05) is 12.4 Å². The number of allylic oxidation sites excluding steroid dienone is 1. The van der Waals surface area contributed by atoms with Crippen LogP contribution >= 0.6 is 22.9 Å². The van der Waals surface area contributed by atoms with Crippen LogP contribution in [0.3, 0.4) is 0 Å². The highest BCUT2D eigenvalue weighted by molar-refractivity contribution is 7.11. The van der Waals surface area contributed by atoms with E-state index < -0.39 is 10.5 Å². The molecule has 0 amide bonds. The van der Waals surface area contributed by atoms with Gasteiger partial charge in [-0.15, -0.1) is 11.3 Å². The fourth-order valence-electron chi connectivity index (χ4n) is 3.01. The molecule has 0 aliphatic rings. The smallest absolute Gasteiger partial charge is 0.345 e. The third kappa shape index (κ3) is 4.55. The van der Waals surface area contributed by atoms with Crippen LogP contribution < -0.4 is 15.7 Å². The normalized spacial score (nSPS) is 11.2. The Kier molecular flexibility index (Phi) is 6.08. The molecule has 9 nitrogen and oxygen atoms in total. The molecule has 0 spiro atoms. The van der Waals surface area contributed by atoms with E-state index in [1.54, 1.807) is 23.6 Å². The molecule has 2 heterocycles. The Morgan fingerprint density at radius 3 is 2.88 bits per heavy atom. The van der Waals surface area contributed by atoms with Crippen LogP contribution in [0.5, 0.6) is 5.75 Å². The van der Waals surface area contributed by atoms with Crippen LogP contribution in [0.25, 0.3) is 27.8 Å². The van der Waals surface area contributed by atoms with E-state index in [1.807, 2.05) is 0 Å². The van der Waals surface area contributed by atoms with Crippen molar-refractivity contribution in [1.29, 1.82) is 5.26 Å². The van der Waals surface area contributed by atoms with Crippen LogP contribution in [-0.4, -0.2) is 17.0 Å². The number of fused-ring (bicyclic) bond motifs is 1. The first-order chi connectivity index (χ1) is 15.9. The summed E-state index contributed by atoms with van der Waals surface area (Å²) in [5.74, 6) is 0.538. The lowest BCUT2D eigenvalue weighted by molar-refractivity contribution is -0.384. The Morgan fingerprint density at radius 2 is 2.15 bits per heavy atom. The van der Waals surface area contributed by atoms with Crippen LogP contribution in [0, 0.1) is 21.4 Å². The topological polar surface area (TPSA) is 131 Å². The first-order valence-electron chi connectivity index (χ1n) is 9.28. The van der Waals surface area contributed by atoms with Crippen LogP contribution in [0.15, 0.2) is 63.3 Å². The third-order valence-corrected chi connectivity index (χ3v) is 5.70. The Hall–Kier alpha value is -4.20. The van der Waals surface area contributed by atoms with Gasteiger partial charge in [0, 0.05) is 34.1 Å². The number of non-ortho nitro benzene ring substituents is 1. The van der Waals surface area contributed by atoms with Gasteiger partial charge in [0.05, 0.1) is 29.0 Å². The number of aromatic nitrogens is 1. The highest BCUT2D eigenvalue weighted by Gasteiger charge is 2.16. The van der Waals surface area contributed by atoms with Crippen molar-refractivity contribution in [3.8, 4) is 23.1 Å². The molecule has 33 heavy (non-hydrogen) atoms. The minimum Gasteiger partial charge on any atom is -0.495 e. The number of nitrogens with one attached hydrogen (secondary N) is 1.